The zero-order chi connectivity index (χ0) is 21.7. The van der Waals surface area contributed by atoms with Crippen molar-refractivity contribution in [2.24, 2.45) is 52.3 Å². The molecule has 0 radical (unpaired) electrons. The van der Waals surface area contributed by atoms with Crippen molar-refractivity contribution in [3.05, 3.63) is 23.8 Å². The molecular weight excluding hydrogens is 364 g/mol. The Bertz CT molecular complexity index is 674. The van der Waals surface area contributed by atoms with E-state index in [-0.39, 0.29) is 6.10 Å². The molecule has 0 spiro atoms. The maximum atomic E-state index is 10.5. The number of hydrogen-bond donors (Lipinski definition) is 1. The first-order valence-electron chi connectivity index (χ1n) is 13.3. The Kier molecular flexibility index (Phi) is 6.35. The summed E-state index contributed by atoms with van der Waals surface area (Å²) < 4.78 is 0. The van der Waals surface area contributed by atoms with Gasteiger partial charge in [0.05, 0.1) is 6.10 Å². The van der Waals surface area contributed by atoms with Crippen LogP contribution in [0, 0.1) is 52.3 Å². The summed E-state index contributed by atoms with van der Waals surface area (Å²) in [5.41, 5.74) is 2.50. The molecule has 0 amide bonds. The molecule has 4 aliphatic rings. The Morgan fingerprint density at radius 3 is 2.60 bits per heavy atom. The molecule has 3 saturated carbocycles. The SMILES string of the molecule is CCC1C[C@H](O)CC2=CC[C@H]3[C@@H]4CC[C@H]([C@H](C)/C=C/CC(C)C)[C@@]4(C)CC[C@@H]3[C@]21C. The topological polar surface area (TPSA) is 20.2 Å². The van der Waals surface area contributed by atoms with E-state index >= 15 is 0 Å². The molecule has 3 fully saturated rings. The second kappa shape index (κ2) is 8.42. The smallest absolute Gasteiger partial charge is 0.0580 e. The van der Waals surface area contributed by atoms with Crippen LogP contribution in [0.2, 0.25) is 0 Å². The van der Waals surface area contributed by atoms with Crippen LogP contribution in [0.15, 0.2) is 23.8 Å². The van der Waals surface area contributed by atoms with Gasteiger partial charge in [0.2, 0.25) is 0 Å². The number of rotatable bonds is 5. The molecule has 1 unspecified atom stereocenters. The van der Waals surface area contributed by atoms with E-state index in [2.05, 4.69) is 59.8 Å². The number of aliphatic hydroxyl groups excluding tert-OH is 1. The molecular formula is C29H48O. The summed E-state index contributed by atoms with van der Waals surface area (Å²) in [4.78, 5) is 0. The van der Waals surface area contributed by atoms with Crippen molar-refractivity contribution in [1.82, 2.24) is 0 Å². The predicted molar refractivity (Wildman–Crippen MR) is 128 cm³/mol. The lowest BCUT2D eigenvalue weighted by Gasteiger charge is -2.60. The van der Waals surface area contributed by atoms with Crippen LogP contribution < -0.4 is 0 Å². The van der Waals surface area contributed by atoms with Gasteiger partial charge in [0.15, 0.2) is 0 Å². The highest BCUT2D eigenvalue weighted by Gasteiger charge is 2.60. The summed E-state index contributed by atoms with van der Waals surface area (Å²) in [5.74, 6) is 5.63. The third-order valence-corrected chi connectivity index (χ3v) is 10.6. The van der Waals surface area contributed by atoms with Gasteiger partial charge in [0.1, 0.15) is 0 Å². The van der Waals surface area contributed by atoms with Crippen molar-refractivity contribution in [2.75, 3.05) is 0 Å². The van der Waals surface area contributed by atoms with E-state index < -0.39 is 0 Å². The van der Waals surface area contributed by atoms with Crippen molar-refractivity contribution >= 4 is 0 Å². The molecule has 9 atom stereocenters. The first kappa shape index (κ1) is 22.6. The quantitative estimate of drug-likeness (QED) is 0.457. The van der Waals surface area contributed by atoms with Crippen LogP contribution in [0.5, 0.6) is 0 Å². The van der Waals surface area contributed by atoms with Crippen molar-refractivity contribution in [1.29, 1.82) is 0 Å². The van der Waals surface area contributed by atoms with Gasteiger partial charge in [-0.05, 0) is 104 Å². The van der Waals surface area contributed by atoms with Crippen LogP contribution in [-0.2, 0) is 0 Å². The number of fused-ring (bicyclic) bond motifs is 5. The minimum absolute atomic E-state index is 0.103. The molecule has 4 aliphatic carbocycles. The average molecular weight is 413 g/mol. The van der Waals surface area contributed by atoms with Crippen LogP contribution in [0.3, 0.4) is 0 Å². The molecule has 0 aromatic carbocycles. The van der Waals surface area contributed by atoms with E-state index in [0.717, 1.165) is 42.4 Å². The molecule has 0 saturated heterocycles. The Hall–Kier alpha value is -0.560. The van der Waals surface area contributed by atoms with Gasteiger partial charge in [-0.3, -0.25) is 0 Å². The van der Waals surface area contributed by atoms with Crippen LogP contribution in [0.4, 0.5) is 0 Å². The molecule has 4 rings (SSSR count). The van der Waals surface area contributed by atoms with Gasteiger partial charge in [-0.15, -0.1) is 0 Å². The Morgan fingerprint density at radius 1 is 1.13 bits per heavy atom. The van der Waals surface area contributed by atoms with Crippen molar-refractivity contribution in [2.45, 2.75) is 105 Å². The Balaban J connectivity index is 1.57. The van der Waals surface area contributed by atoms with Gasteiger partial charge in [0.25, 0.3) is 0 Å². The fourth-order valence-electron chi connectivity index (χ4n) is 9.07. The van der Waals surface area contributed by atoms with Crippen molar-refractivity contribution < 1.29 is 5.11 Å². The zero-order valence-electron chi connectivity index (χ0n) is 20.7. The lowest BCUT2D eigenvalue weighted by atomic mass is 9.44. The average Bonchev–Trinajstić information content (AvgIpc) is 3.05. The molecule has 1 nitrogen and oxygen atoms in total. The highest BCUT2D eigenvalue weighted by atomic mass is 16.3. The van der Waals surface area contributed by atoms with E-state index in [1.807, 2.05) is 0 Å². The van der Waals surface area contributed by atoms with Gasteiger partial charge in [0, 0.05) is 0 Å². The standard InChI is InChI=1S/C29H48O/c1-7-21-17-23(30)18-22-11-12-24-26-14-13-25(20(4)10-8-9-19(2)3)28(26,5)16-15-27(24)29(21,22)6/h8,10-11,19-21,23-27,30H,7,9,12-18H2,1-6H3/b10-8+/t20-,21?,23+,24+,25-,26+,27+,28-,29+/m1/s1. The second-order valence-electron chi connectivity index (χ2n) is 12.5. The minimum Gasteiger partial charge on any atom is -0.393 e. The first-order chi connectivity index (χ1) is 14.2. The third kappa shape index (κ3) is 3.56. The highest BCUT2D eigenvalue weighted by Crippen LogP contribution is 2.68. The van der Waals surface area contributed by atoms with E-state index in [9.17, 15) is 5.11 Å². The molecule has 0 bridgehead atoms. The second-order valence-corrected chi connectivity index (χ2v) is 12.5. The molecule has 0 heterocycles. The van der Waals surface area contributed by atoms with Crippen LogP contribution in [0.1, 0.15) is 99.3 Å². The van der Waals surface area contributed by atoms with Crippen LogP contribution in [-0.4, -0.2) is 11.2 Å². The lowest BCUT2D eigenvalue weighted by Crippen LogP contribution is -2.53. The van der Waals surface area contributed by atoms with Gasteiger partial charge >= 0.3 is 0 Å². The predicted octanol–water partition coefficient (Wildman–Crippen LogP) is 7.80. The number of allylic oxidation sites excluding steroid dienone is 3. The Labute approximate surface area is 186 Å². The van der Waals surface area contributed by atoms with E-state index in [4.69, 9.17) is 0 Å². The van der Waals surface area contributed by atoms with Gasteiger partial charge in [-0.1, -0.05) is 71.8 Å². The summed E-state index contributed by atoms with van der Waals surface area (Å²) in [5, 5.41) is 10.5. The monoisotopic (exact) mass is 412 g/mol. The van der Waals surface area contributed by atoms with Crippen LogP contribution >= 0.6 is 0 Å². The fourth-order valence-corrected chi connectivity index (χ4v) is 9.07. The zero-order valence-corrected chi connectivity index (χ0v) is 20.7. The molecule has 0 aliphatic heterocycles. The summed E-state index contributed by atoms with van der Waals surface area (Å²) in [6.45, 7) is 14.8. The fraction of sp³-hybridized carbons (Fsp3) is 0.862. The molecule has 30 heavy (non-hydrogen) atoms. The summed E-state index contributed by atoms with van der Waals surface area (Å²) >= 11 is 0. The number of hydrogen-bond acceptors (Lipinski definition) is 1. The normalized spacial score (nSPS) is 47.0. The molecule has 170 valence electrons. The molecule has 1 N–H and O–H groups in total. The van der Waals surface area contributed by atoms with Gasteiger partial charge in [-0.2, -0.15) is 0 Å². The van der Waals surface area contributed by atoms with Crippen molar-refractivity contribution in [3.63, 3.8) is 0 Å². The summed E-state index contributed by atoms with van der Waals surface area (Å²) in [6, 6.07) is 0. The molecule has 0 aromatic heterocycles. The van der Waals surface area contributed by atoms with E-state index in [1.165, 1.54) is 44.9 Å². The first-order valence-corrected chi connectivity index (χ1v) is 13.3. The van der Waals surface area contributed by atoms with E-state index in [1.54, 1.807) is 5.57 Å². The lowest BCUT2D eigenvalue weighted by molar-refractivity contribution is -0.0776. The maximum absolute atomic E-state index is 10.5. The molecule has 1 heteroatoms. The molecule has 0 aromatic rings. The number of aliphatic hydroxyl groups is 1. The van der Waals surface area contributed by atoms with Gasteiger partial charge < -0.3 is 5.11 Å². The minimum atomic E-state index is -0.103. The maximum Gasteiger partial charge on any atom is 0.0580 e. The highest BCUT2D eigenvalue weighted by molar-refractivity contribution is 5.27. The largest absolute Gasteiger partial charge is 0.393 e. The summed E-state index contributed by atoms with van der Waals surface area (Å²) in [7, 11) is 0. The van der Waals surface area contributed by atoms with Crippen molar-refractivity contribution in [3.8, 4) is 0 Å². The third-order valence-electron chi connectivity index (χ3n) is 10.6. The Morgan fingerprint density at radius 2 is 1.90 bits per heavy atom. The van der Waals surface area contributed by atoms with E-state index in [0.29, 0.717) is 22.7 Å². The van der Waals surface area contributed by atoms with Gasteiger partial charge in [-0.25, -0.2) is 0 Å². The summed E-state index contributed by atoms with van der Waals surface area (Å²) in [6.07, 6.45) is 18.9. The van der Waals surface area contributed by atoms with Crippen LogP contribution in [0.25, 0.3) is 0 Å².